The van der Waals surface area contributed by atoms with E-state index in [-0.39, 0.29) is 18.5 Å². The standard InChI is InChI=1S/C18H26N2O3/c1-3-19(13-18(22)23)16-8-10-20(11-9-16)17(21)12-15-6-4-14(2)5-7-15/h4-7,16H,3,8-13H2,1-2H3,(H,22,23). The zero-order valence-electron chi connectivity index (χ0n) is 14.0. The first kappa shape index (κ1) is 17.5. The summed E-state index contributed by atoms with van der Waals surface area (Å²) in [4.78, 5) is 27.2. The molecule has 1 aliphatic rings. The molecule has 1 saturated heterocycles. The van der Waals surface area contributed by atoms with Crippen LogP contribution in [0.5, 0.6) is 0 Å². The number of hydrogen-bond donors (Lipinski definition) is 1. The molecule has 0 aliphatic carbocycles. The number of nitrogens with zero attached hydrogens (tertiary/aromatic N) is 2. The first-order valence-corrected chi connectivity index (χ1v) is 8.28. The summed E-state index contributed by atoms with van der Waals surface area (Å²) in [7, 11) is 0. The number of aliphatic carboxylic acids is 1. The zero-order chi connectivity index (χ0) is 16.8. The number of likely N-dealkylation sites (tertiary alicyclic amines) is 1. The van der Waals surface area contributed by atoms with E-state index in [0.717, 1.165) is 24.9 Å². The van der Waals surface area contributed by atoms with Gasteiger partial charge in [0.15, 0.2) is 0 Å². The molecule has 0 spiro atoms. The smallest absolute Gasteiger partial charge is 0.317 e. The fourth-order valence-corrected chi connectivity index (χ4v) is 3.15. The van der Waals surface area contributed by atoms with E-state index in [9.17, 15) is 9.59 Å². The molecule has 0 radical (unpaired) electrons. The lowest BCUT2D eigenvalue weighted by Crippen LogP contribution is -2.48. The lowest BCUT2D eigenvalue weighted by atomic mass is 10.0. The van der Waals surface area contributed by atoms with E-state index in [1.54, 1.807) is 0 Å². The summed E-state index contributed by atoms with van der Waals surface area (Å²) in [5.74, 6) is -0.627. The molecule has 1 N–H and O–H groups in total. The van der Waals surface area contributed by atoms with Crippen molar-refractivity contribution < 1.29 is 14.7 Å². The zero-order valence-corrected chi connectivity index (χ0v) is 14.0. The molecule has 1 heterocycles. The molecular formula is C18H26N2O3. The van der Waals surface area contributed by atoms with Crippen LogP contribution in [0.3, 0.4) is 0 Å². The Kier molecular flexibility index (Phi) is 6.16. The second kappa shape index (κ2) is 8.11. The van der Waals surface area contributed by atoms with E-state index in [2.05, 4.69) is 0 Å². The molecule has 5 heteroatoms. The Hall–Kier alpha value is -1.88. The molecule has 1 amide bonds. The Bertz CT molecular complexity index is 534. The molecule has 5 nitrogen and oxygen atoms in total. The molecule has 1 aromatic rings. The van der Waals surface area contributed by atoms with Gasteiger partial charge in [0.2, 0.25) is 5.91 Å². The van der Waals surface area contributed by atoms with Crippen LogP contribution in [0, 0.1) is 6.92 Å². The van der Waals surface area contributed by atoms with Gasteiger partial charge in [-0.25, -0.2) is 0 Å². The van der Waals surface area contributed by atoms with Gasteiger partial charge in [0.05, 0.1) is 13.0 Å². The average molecular weight is 318 g/mol. The van der Waals surface area contributed by atoms with Crippen molar-refractivity contribution in [2.45, 2.75) is 39.2 Å². The summed E-state index contributed by atoms with van der Waals surface area (Å²) in [6.45, 7) is 6.26. The van der Waals surface area contributed by atoms with E-state index < -0.39 is 5.97 Å². The van der Waals surface area contributed by atoms with Gasteiger partial charge < -0.3 is 10.0 Å². The number of carboxylic acid groups (broad SMARTS) is 1. The van der Waals surface area contributed by atoms with Crippen LogP contribution in [0.25, 0.3) is 0 Å². The van der Waals surface area contributed by atoms with Crippen LogP contribution in [0.2, 0.25) is 0 Å². The first-order valence-electron chi connectivity index (χ1n) is 8.28. The number of carbonyl (C=O) groups excluding carboxylic acids is 1. The maximum atomic E-state index is 12.4. The van der Waals surface area contributed by atoms with Crippen molar-refractivity contribution in [3.8, 4) is 0 Å². The quantitative estimate of drug-likeness (QED) is 0.871. The minimum absolute atomic E-state index is 0.0818. The van der Waals surface area contributed by atoms with Crippen LogP contribution < -0.4 is 0 Å². The van der Waals surface area contributed by atoms with E-state index in [0.29, 0.717) is 19.5 Å². The van der Waals surface area contributed by atoms with Gasteiger partial charge in [0, 0.05) is 19.1 Å². The van der Waals surface area contributed by atoms with E-state index >= 15 is 0 Å². The Morgan fingerprint density at radius 1 is 1.22 bits per heavy atom. The van der Waals surface area contributed by atoms with E-state index in [1.165, 1.54) is 5.56 Å². The van der Waals surface area contributed by atoms with Crippen molar-refractivity contribution in [2.24, 2.45) is 0 Å². The van der Waals surface area contributed by atoms with Gasteiger partial charge in [-0.15, -0.1) is 0 Å². The van der Waals surface area contributed by atoms with Gasteiger partial charge in [-0.2, -0.15) is 0 Å². The fraction of sp³-hybridized carbons (Fsp3) is 0.556. The molecule has 2 rings (SSSR count). The molecule has 0 atom stereocenters. The minimum atomic E-state index is -0.787. The van der Waals surface area contributed by atoms with Crippen LogP contribution in [0.4, 0.5) is 0 Å². The molecule has 0 unspecified atom stereocenters. The molecule has 0 aromatic heterocycles. The van der Waals surface area contributed by atoms with E-state index in [4.69, 9.17) is 5.11 Å². The van der Waals surface area contributed by atoms with E-state index in [1.807, 2.05) is 47.9 Å². The Labute approximate surface area is 137 Å². The number of carbonyl (C=O) groups is 2. The highest BCUT2D eigenvalue weighted by Crippen LogP contribution is 2.17. The molecule has 23 heavy (non-hydrogen) atoms. The third kappa shape index (κ3) is 5.06. The first-order chi connectivity index (χ1) is 11.0. The normalized spacial score (nSPS) is 15.9. The monoisotopic (exact) mass is 318 g/mol. The second-order valence-electron chi connectivity index (χ2n) is 6.23. The van der Waals surface area contributed by atoms with Crippen LogP contribution in [0.1, 0.15) is 30.9 Å². The number of carboxylic acids is 1. The minimum Gasteiger partial charge on any atom is -0.480 e. The molecule has 1 fully saturated rings. The number of rotatable bonds is 6. The highest BCUT2D eigenvalue weighted by molar-refractivity contribution is 5.78. The fourth-order valence-electron chi connectivity index (χ4n) is 3.15. The molecule has 126 valence electrons. The number of amides is 1. The number of hydrogen-bond acceptors (Lipinski definition) is 3. The molecule has 0 bridgehead atoms. The lowest BCUT2D eigenvalue weighted by molar-refractivity contribution is -0.140. The van der Waals surface area contributed by atoms with Crippen molar-refractivity contribution in [3.05, 3.63) is 35.4 Å². The van der Waals surface area contributed by atoms with Crippen molar-refractivity contribution in [2.75, 3.05) is 26.2 Å². The molecular weight excluding hydrogens is 292 g/mol. The Balaban J connectivity index is 1.84. The molecule has 0 saturated carbocycles. The summed E-state index contributed by atoms with van der Waals surface area (Å²) in [6, 6.07) is 8.33. The maximum absolute atomic E-state index is 12.4. The SMILES string of the molecule is CCN(CC(=O)O)C1CCN(C(=O)Cc2ccc(C)cc2)CC1. The number of piperidine rings is 1. The Morgan fingerprint density at radius 3 is 2.35 bits per heavy atom. The third-order valence-electron chi connectivity index (χ3n) is 4.55. The van der Waals surface area contributed by atoms with Gasteiger partial charge in [0.25, 0.3) is 0 Å². The second-order valence-corrected chi connectivity index (χ2v) is 6.23. The summed E-state index contributed by atoms with van der Waals surface area (Å²) in [5, 5.41) is 8.96. The number of likely N-dealkylation sites (N-methyl/N-ethyl adjacent to an activating group) is 1. The van der Waals surface area contributed by atoms with Crippen LogP contribution in [-0.2, 0) is 16.0 Å². The highest BCUT2D eigenvalue weighted by Gasteiger charge is 2.27. The third-order valence-corrected chi connectivity index (χ3v) is 4.55. The Morgan fingerprint density at radius 2 is 1.83 bits per heavy atom. The predicted molar refractivity (Wildman–Crippen MR) is 89.4 cm³/mol. The van der Waals surface area contributed by atoms with Crippen LogP contribution >= 0.6 is 0 Å². The van der Waals surface area contributed by atoms with Gasteiger partial charge in [0.1, 0.15) is 0 Å². The van der Waals surface area contributed by atoms with Gasteiger partial charge in [-0.3, -0.25) is 14.5 Å². The van der Waals surface area contributed by atoms with Crippen molar-refractivity contribution in [1.82, 2.24) is 9.80 Å². The van der Waals surface area contributed by atoms with Gasteiger partial charge in [-0.05, 0) is 31.9 Å². The molecule has 1 aliphatic heterocycles. The summed E-state index contributed by atoms with van der Waals surface area (Å²) >= 11 is 0. The largest absolute Gasteiger partial charge is 0.480 e. The maximum Gasteiger partial charge on any atom is 0.317 e. The highest BCUT2D eigenvalue weighted by atomic mass is 16.4. The predicted octanol–water partition coefficient (Wildman–Crippen LogP) is 1.94. The van der Waals surface area contributed by atoms with Crippen molar-refractivity contribution >= 4 is 11.9 Å². The van der Waals surface area contributed by atoms with Gasteiger partial charge >= 0.3 is 5.97 Å². The summed E-state index contributed by atoms with van der Waals surface area (Å²) in [5.41, 5.74) is 2.24. The number of benzene rings is 1. The van der Waals surface area contributed by atoms with Crippen LogP contribution in [0.15, 0.2) is 24.3 Å². The number of aryl methyl sites for hydroxylation is 1. The van der Waals surface area contributed by atoms with Crippen LogP contribution in [-0.4, -0.2) is 59.0 Å². The lowest BCUT2D eigenvalue weighted by Gasteiger charge is -2.37. The summed E-state index contributed by atoms with van der Waals surface area (Å²) in [6.07, 6.45) is 2.14. The average Bonchev–Trinajstić information content (AvgIpc) is 2.54. The molecule has 1 aromatic carbocycles. The van der Waals surface area contributed by atoms with Gasteiger partial charge in [-0.1, -0.05) is 36.8 Å². The topological polar surface area (TPSA) is 60.9 Å². The van der Waals surface area contributed by atoms with Crippen molar-refractivity contribution in [1.29, 1.82) is 0 Å². The summed E-state index contributed by atoms with van der Waals surface area (Å²) < 4.78 is 0. The van der Waals surface area contributed by atoms with Crippen molar-refractivity contribution in [3.63, 3.8) is 0 Å².